The number of aromatic nitrogens is 6. The minimum absolute atomic E-state index is 0.0187. The molecule has 11 rings (SSSR count). The van der Waals surface area contributed by atoms with Gasteiger partial charge in [-0.3, -0.25) is 10.2 Å². The van der Waals surface area contributed by atoms with Crippen LogP contribution in [0.3, 0.4) is 0 Å². The van der Waals surface area contributed by atoms with Crippen LogP contribution in [0.4, 0.5) is 32.6 Å². The summed E-state index contributed by atoms with van der Waals surface area (Å²) in [6, 6.07) is 20.3. The Morgan fingerprint density at radius 2 is 1.09 bits per heavy atom. The number of hydrogen-bond donors (Lipinski definition) is 4. The summed E-state index contributed by atoms with van der Waals surface area (Å²) >= 11 is 6.36. The number of pyridine rings is 2. The van der Waals surface area contributed by atoms with Crippen molar-refractivity contribution in [2.45, 2.75) is 120 Å². The quantitative estimate of drug-likeness (QED) is 0.0751. The molecule has 4 amide bonds. The van der Waals surface area contributed by atoms with Crippen molar-refractivity contribution < 1.29 is 28.4 Å². The van der Waals surface area contributed by atoms with Crippen molar-refractivity contribution >= 4 is 59.3 Å². The van der Waals surface area contributed by atoms with Crippen molar-refractivity contribution in [2.75, 3.05) is 99.2 Å². The number of nitrogens with zero attached hydrogens (tertiary/aromatic N) is 8. The second-order valence-electron chi connectivity index (χ2n) is 23.5. The lowest BCUT2D eigenvalue weighted by molar-refractivity contribution is 0.00578. The van der Waals surface area contributed by atoms with Gasteiger partial charge in [0.1, 0.15) is 16.8 Å². The van der Waals surface area contributed by atoms with Gasteiger partial charge in [-0.1, -0.05) is 50.4 Å². The molecule has 0 unspecified atom stereocenters. The zero-order valence-electron chi connectivity index (χ0n) is 50.2. The first-order valence-corrected chi connectivity index (χ1v) is 29.7. The third-order valence-corrected chi connectivity index (χ3v) is 17.4. The van der Waals surface area contributed by atoms with Crippen LogP contribution in [-0.4, -0.2) is 149 Å². The van der Waals surface area contributed by atoms with Crippen molar-refractivity contribution in [3.05, 3.63) is 99.7 Å². The summed E-state index contributed by atoms with van der Waals surface area (Å²) < 4.78 is 23.0. The molecule has 5 fully saturated rings. The van der Waals surface area contributed by atoms with E-state index < -0.39 is 0 Å². The molecule has 6 aromatic rings. The first kappa shape index (κ1) is 60.1. The molecule has 2 aromatic carbocycles. The van der Waals surface area contributed by atoms with Gasteiger partial charge in [-0.25, -0.2) is 19.6 Å². The van der Waals surface area contributed by atoms with Crippen molar-refractivity contribution in [1.29, 1.82) is 0 Å². The van der Waals surface area contributed by atoms with Crippen molar-refractivity contribution in [3.63, 3.8) is 0 Å². The van der Waals surface area contributed by atoms with E-state index in [0.717, 1.165) is 174 Å². The van der Waals surface area contributed by atoms with Crippen LogP contribution in [0.15, 0.2) is 60.7 Å². The number of H-pyrrole nitrogens is 2. The average Bonchev–Trinajstić information content (AvgIpc) is 4.51. The van der Waals surface area contributed by atoms with Crippen LogP contribution in [0.2, 0.25) is 5.15 Å². The maximum absolute atomic E-state index is 12.9. The van der Waals surface area contributed by atoms with E-state index in [-0.39, 0.29) is 30.4 Å². The van der Waals surface area contributed by atoms with E-state index in [9.17, 15) is 9.59 Å². The topological polar surface area (TPSA) is 191 Å². The molecule has 18 nitrogen and oxygen atoms in total. The molecule has 0 radical (unpaired) electrons. The number of amides is 4. The molecule has 82 heavy (non-hydrogen) atoms. The van der Waals surface area contributed by atoms with Gasteiger partial charge in [-0.15, -0.1) is 0 Å². The van der Waals surface area contributed by atoms with E-state index in [1.807, 2.05) is 67.8 Å². The second kappa shape index (κ2) is 26.0. The molecule has 5 aliphatic heterocycles. The number of carbonyl (C=O) groups excluding carboxylic acids is 2. The Morgan fingerprint density at radius 3 is 1.52 bits per heavy atom. The third-order valence-electron chi connectivity index (χ3n) is 17.2. The number of ether oxygens (including phenoxy) is 2. The Balaban J connectivity index is 0.000000159. The zero-order valence-corrected chi connectivity index (χ0v) is 51.0. The van der Waals surface area contributed by atoms with E-state index in [2.05, 4.69) is 132 Å². The Kier molecular flexibility index (Phi) is 19.0. The van der Waals surface area contributed by atoms with Gasteiger partial charge in [0.2, 0.25) is 0 Å². The van der Waals surface area contributed by atoms with E-state index >= 15 is 0 Å². The molecular formula is C62H84BClN12O6. The third kappa shape index (κ3) is 13.9. The van der Waals surface area contributed by atoms with E-state index in [4.69, 9.17) is 35.4 Å². The Hall–Kier alpha value is -6.51. The molecular weight excluding hydrogens is 1060 g/mol. The molecule has 4 aromatic heterocycles. The number of benzene rings is 2. The fourth-order valence-electron chi connectivity index (χ4n) is 11.3. The fraction of sp³-hybridized carbons (Fsp3) is 0.516. The van der Waals surface area contributed by atoms with Crippen molar-refractivity contribution in [1.82, 2.24) is 40.2 Å². The Morgan fingerprint density at radius 1 is 0.622 bits per heavy atom. The number of aryl methyl sites for hydroxylation is 6. The highest BCUT2D eigenvalue weighted by atomic mass is 35.5. The minimum Gasteiger partial charge on any atom is -0.399 e. The summed E-state index contributed by atoms with van der Waals surface area (Å²) in [5, 5.41) is 21.3. The number of hydrogen-bond acceptors (Lipinski definition) is 12. The van der Waals surface area contributed by atoms with E-state index in [0.29, 0.717) is 43.4 Å². The first-order valence-electron chi connectivity index (χ1n) is 29.3. The highest BCUT2D eigenvalue weighted by molar-refractivity contribution is 6.63. The predicted octanol–water partition coefficient (Wildman–Crippen LogP) is 11.3. The Bertz CT molecular complexity index is 3150. The maximum Gasteiger partial charge on any atom is 0.498 e. The summed E-state index contributed by atoms with van der Waals surface area (Å²) in [7, 11) is -0.316. The lowest BCUT2D eigenvalue weighted by atomic mass is 9.77. The fourth-order valence-corrected chi connectivity index (χ4v) is 11.5. The van der Waals surface area contributed by atoms with Gasteiger partial charge in [-0.2, -0.15) is 10.2 Å². The molecule has 0 aliphatic carbocycles. The number of nitrogens with one attached hydrogen (secondary N) is 4. The number of rotatable bonds is 10. The van der Waals surface area contributed by atoms with E-state index in [1.165, 1.54) is 0 Å². The number of morpholine rings is 2. The summed E-state index contributed by atoms with van der Waals surface area (Å²) in [6.45, 7) is 34.1. The number of urea groups is 2. The molecule has 9 heterocycles. The standard InChI is InChI=1S/C28H36N6O2.C23H29ClN4O2.C11H19BN2O2/c1-5-21-8-9-34(17-21)28(35)29-23-7-6-18(2)24(16-23)22-14-25(27-19(3)31-32-20(27)4)30-26(15-22)33-10-12-36-13-11-33;1-3-17-6-7-28(15-17)23(29)25-19-5-4-16(2)20(14-19)18-12-21(24)26-22(13-18)27-8-10-30-11-9-27;1-7-9(8(2)14-13-7)12-15-10(3,4)11(5,6)16-12/h6-7,14-16,21H,5,8-13,17H2,1-4H3,(H,29,35)(H,31,32);4-5,12-14,17H,3,6-11,15H2,1-2H3,(H,25,29);1-6H3,(H,13,14)/t21-;17-;/m11./s1. The van der Waals surface area contributed by atoms with Gasteiger partial charge in [0.25, 0.3) is 0 Å². The predicted molar refractivity (Wildman–Crippen MR) is 329 cm³/mol. The van der Waals surface area contributed by atoms with Crippen LogP contribution >= 0.6 is 11.6 Å². The van der Waals surface area contributed by atoms with Gasteiger partial charge in [0.05, 0.1) is 54.7 Å². The van der Waals surface area contributed by atoms with Crippen molar-refractivity contribution in [3.8, 4) is 33.5 Å². The minimum atomic E-state index is -0.316. The van der Waals surface area contributed by atoms with Gasteiger partial charge in [-0.05, 0) is 176 Å². The number of carbonyl (C=O) groups is 2. The van der Waals surface area contributed by atoms with Gasteiger partial charge < -0.3 is 49.0 Å². The lowest BCUT2D eigenvalue weighted by Gasteiger charge is -2.32. The highest BCUT2D eigenvalue weighted by Gasteiger charge is 2.53. The van der Waals surface area contributed by atoms with Crippen LogP contribution in [0.1, 0.15) is 101 Å². The second-order valence-corrected chi connectivity index (χ2v) is 23.9. The van der Waals surface area contributed by atoms with Crippen LogP contribution in [0.5, 0.6) is 0 Å². The Labute approximate surface area is 489 Å². The zero-order chi connectivity index (χ0) is 58.5. The molecule has 0 saturated carbocycles. The molecule has 0 spiro atoms. The maximum atomic E-state index is 12.9. The van der Waals surface area contributed by atoms with Crippen LogP contribution < -0.4 is 25.9 Å². The number of aromatic amines is 2. The van der Waals surface area contributed by atoms with Crippen LogP contribution in [0.25, 0.3) is 33.5 Å². The summed E-state index contributed by atoms with van der Waals surface area (Å²) in [6.07, 6.45) is 4.40. The summed E-state index contributed by atoms with van der Waals surface area (Å²) in [5.41, 5.74) is 14.3. The van der Waals surface area contributed by atoms with Gasteiger partial charge in [0, 0.05) is 86.1 Å². The normalized spacial score (nSPS) is 19.4. The smallest absolute Gasteiger partial charge is 0.399 e. The molecule has 20 heteroatoms. The first-order chi connectivity index (χ1) is 39.2. The number of halogens is 1. The summed E-state index contributed by atoms with van der Waals surface area (Å²) in [4.78, 5) is 43.5. The monoisotopic (exact) mass is 1140 g/mol. The van der Waals surface area contributed by atoms with Crippen LogP contribution in [-0.2, 0) is 18.8 Å². The van der Waals surface area contributed by atoms with Gasteiger partial charge >= 0.3 is 19.2 Å². The molecule has 4 N–H and O–H groups in total. The van der Waals surface area contributed by atoms with Crippen molar-refractivity contribution in [2.24, 2.45) is 11.8 Å². The average molecular weight is 1140 g/mol. The molecule has 438 valence electrons. The van der Waals surface area contributed by atoms with Gasteiger partial charge in [0.15, 0.2) is 0 Å². The van der Waals surface area contributed by atoms with Crippen LogP contribution in [0, 0.1) is 53.4 Å². The van der Waals surface area contributed by atoms with E-state index in [1.54, 1.807) is 0 Å². The molecule has 0 bridgehead atoms. The molecule has 2 atom stereocenters. The summed E-state index contributed by atoms with van der Waals surface area (Å²) in [5.74, 6) is 3.01. The number of anilines is 4. The molecule has 5 aliphatic rings. The largest absolute Gasteiger partial charge is 0.498 e. The SMILES string of the molecule is CC[C@@H]1CCN(C(=O)Nc2ccc(C)c(-c3cc(-c4c(C)n[nH]c4C)nc(N4CCOCC4)c3)c2)C1.CC[C@@H]1CCN(C(=O)Nc2ccc(C)c(-c3cc(Cl)nc(N4CCOCC4)c3)c2)C1.Cc1n[nH]c(C)c1B1OC(C)(C)C(C)(C)O1. The number of likely N-dealkylation sites (tertiary alicyclic amines) is 2. The molecule has 5 saturated heterocycles. The highest BCUT2D eigenvalue weighted by Crippen LogP contribution is 2.38. The lowest BCUT2D eigenvalue weighted by Crippen LogP contribution is -2.41.